The maximum absolute atomic E-state index is 12.1. The van der Waals surface area contributed by atoms with Gasteiger partial charge in [-0.25, -0.2) is 9.97 Å². The van der Waals surface area contributed by atoms with Crippen LogP contribution in [0.15, 0.2) is 18.5 Å². The predicted octanol–water partition coefficient (Wildman–Crippen LogP) is 3.30. The molecule has 8 nitrogen and oxygen atoms in total. The van der Waals surface area contributed by atoms with Crippen LogP contribution in [-0.4, -0.2) is 39.6 Å². The standard InChI is InChI=1S/C19H18N6O2S2/c1-20-18(26)9-3-4-10-14(5-9)28-19-16(10)17(21-8-22-19)23-11-7-15-12(24-25-29-15)6-13(11)27-2/h6-9H,3-5H2,1-2H3,(H,20,26)(H,21,22,23). The van der Waals surface area contributed by atoms with Crippen LogP contribution in [0.3, 0.4) is 0 Å². The van der Waals surface area contributed by atoms with Crippen molar-refractivity contribution in [2.75, 3.05) is 19.5 Å². The van der Waals surface area contributed by atoms with Crippen molar-refractivity contribution in [3.63, 3.8) is 0 Å². The number of hydrogen-bond donors (Lipinski definition) is 2. The highest BCUT2D eigenvalue weighted by atomic mass is 32.1. The van der Waals surface area contributed by atoms with Gasteiger partial charge in [0.05, 0.1) is 22.9 Å². The lowest BCUT2D eigenvalue weighted by Gasteiger charge is -2.21. The first kappa shape index (κ1) is 18.2. The number of aromatic nitrogens is 4. The van der Waals surface area contributed by atoms with Gasteiger partial charge in [0.1, 0.15) is 28.2 Å². The van der Waals surface area contributed by atoms with E-state index in [1.807, 2.05) is 12.1 Å². The van der Waals surface area contributed by atoms with Gasteiger partial charge in [0.15, 0.2) is 0 Å². The van der Waals surface area contributed by atoms with Crippen molar-refractivity contribution in [1.82, 2.24) is 24.9 Å². The summed E-state index contributed by atoms with van der Waals surface area (Å²) in [7, 11) is 3.33. The predicted molar refractivity (Wildman–Crippen MR) is 114 cm³/mol. The van der Waals surface area contributed by atoms with E-state index in [9.17, 15) is 4.79 Å². The van der Waals surface area contributed by atoms with Crippen LogP contribution in [0.25, 0.3) is 20.4 Å². The zero-order chi connectivity index (χ0) is 20.0. The van der Waals surface area contributed by atoms with E-state index in [1.54, 1.807) is 31.8 Å². The second-order valence-corrected chi connectivity index (χ2v) is 8.75. The first-order valence-electron chi connectivity index (χ1n) is 9.22. The van der Waals surface area contributed by atoms with Crippen molar-refractivity contribution >= 4 is 60.7 Å². The number of amides is 1. The number of benzene rings is 1. The van der Waals surface area contributed by atoms with E-state index in [-0.39, 0.29) is 11.8 Å². The van der Waals surface area contributed by atoms with Crippen molar-refractivity contribution in [3.8, 4) is 5.75 Å². The summed E-state index contributed by atoms with van der Waals surface area (Å²) < 4.78 is 10.5. The topological polar surface area (TPSA) is 102 Å². The quantitative estimate of drug-likeness (QED) is 0.516. The fourth-order valence-electron chi connectivity index (χ4n) is 3.84. The molecule has 10 heteroatoms. The molecular formula is C19H18N6O2S2. The number of methoxy groups -OCH3 is 1. The van der Waals surface area contributed by atoms with Crippen LogP contribution < -0.4 is 15.4 Å². The molecule has 0 fully saturated rings. The maximum atomic E-state index is 12.1. The SMILES string of the molecule is CNC(=O)C1CCc2c(sc3ncnc(Nc4cc5snnc5cc4OC)c23)C1. The minimum absolute atomic E-state index is 0.0197. The van der Waals surface area contributed by atoms with E-state index in [2.05, 4.69) is 30.2 Å². The lowest BCUT2D eigenvalue weighted by Crippen LogP contribution is -2.31. The summed E-state index contributed by atoms with van der Waals surface area (Å²) in [4.78, 5) is 23.2. The number of fused-ring (bicyclic) bond motifs is 4. The van der Waals surface area contributed by atoms with Crippen LogP contribution in [-0.2, 0) is 17.6 Å². The Labute approximate surface area is 174 Å². The third-order valence-electron chi connectivity index (χ3n) is 5.28. The van der Waals surface area contributed by atoms with Gasteiger partial charge in [-0.15, -0.1) is 16.4 Å². The largest absolute Gasteiger partial charge is 0.494 e. The molecule has 1 amide bonds. The minimum Gasteiger partial charge on any atom is -0.494 e. The molecule has 1 aliphatic rings. The number of aryl methyl sites for hydroxylation is 1. The highest BCUT2D eigenvalue weighted by molar-refractivity contribution is 7.19. The molecule has 3 heterocycles. The highest BCUT2D eigenvalue weighted by Gasteiger charge is 2.28. The zero-order valence-electron chi connectivity index (χ0n) is 15.9. The number of ether oxygens (including phenoxy) is 1. The number of hydrogen-bond acceptors (Lipinski definition) is 9. The Morgan fingerprint density at radius 1 is 1.31 bits per heavy atom. The number of thiophene rings is 1. The Bertz CT molecular complexity index is 1230. The Hall–Kier alpha value is -2.85. The Balaban J connectivity index is 1.57. The average Bonchev–Trinajstić information content (AvgIpc) is 3.35. The number of rotatable bonds is 4. The minimum atomic E-state index is 0.0197. The molecule has 1 unspecified atom stereocenters. The first-order chi connectivity index (χ1) is 14.2. The summed E-state index contributed by atoms with van der Waals surface area (Å²) in [5, 5.41) is 11.3. The van der Waals surface area contributed by atoms with Gasteiger partial charge in [-0.05, 0) is 42.4 Å². The number of carbonyl (C=O) groups is 1. The summed E-state index contributed by atoms with van der Waals surface area (Å²) >= 11 is 2.99. The molecule has 4 aromatic rings. The molecule has 1 atom stereocenters. The van der Waals surface area contributed by atoms with Crippen molar-refractivity contribution in [1.29, 1.82) is 0 Å². The Morgan fingerprint density at radius 3 is 3.03 bits per heavy atom. The van der Waals surface area contributed by atoms with Crippen LogP contribution in [0, 0.1) is 5.92 Å². The van der Waals surface area contributed by atoms with Crippen molar-refractivity contribution in [2.45, 2.75) is 19.3 Å². The van der Waals surface area contributed by atoms with Gasteiger partial charge in [0.2, 0.25) is 5.91 Å². The van der Waals surface area contributed by atoms with E-state index in [0.717, 1.165) is 51.2 Å². The molecule has 0 spiro atoms. The Kier molecular flexibility index (Phi) is 4.51. The smallest absolute Gasteiger partial charge is 0.223 e. The fraction of sp³-hybridized carbons (Fsp3) is 0.316. The van der Waals surface area contributed by atoms with Crippen molar-refractivity contribution < 1.29 is 9.53 Å². The summed E-state index contributed by atoms with van der Waals surface area (Å²) in [6, 6.07) is 3.85. The lowest BCUT2D eigenvalue weighted by atomic mass is 9.87. The van der Waals surface area contributed by atoms with Crippen molar-refractivity contribution in [2.24, 2.45) is 5.92 Å². The second-order valence-electron chi connectivity index (χ2n) is 6.88. The summed E-state index contributed by atoms with van der Waals surface area (Å²) in [6.45, 7) is 0. The maximum Gasteiger partial charge on any atom is 0.223 e. The van der Waals surface area contributed by atoms with E-state index in [0.29, 0.717) is 5.75 Å². The van der Waals surface area contributed by atoms with Gasteiger partial charge >= 0.3 is 0 Å². The van der Waals surface area contributed by atoms with Gasteiger partial charge in [-0.2, -0.15) is 0 Å². The number of nitrogens with one attached hydrogen (secondary N) is 2. The van der Waals surface area contributed by atoms with Crippen LogP contribution >= 0.6 is 22.9 Å². The summed E-state index contributed by atoms with van der Waals surface area (Å²) in [5.74, 6) is 1.56. The van der Waals surface area contributed by atoms with Crippen LogP contribution in [0.2, 0.25) is 0 Å². The zero-order valence-corrected chi connectivity index (χ0v) is 17.5. The molecule has 0 bridgehead atoms. The number of carbonyl (C=O) groups excluding carboxylic acids is 1. The summed E-state index contributed by atoms with van der Waals surface area (Å²) in [6.07, 6.45) is 3.98. The van der Waals surface area contributed by atoms with Gasteiger partial charge in [0, 0.05) is 23.9 Å². The van der Waals surface area contributed by atoms with Gasteiger partial charge in [-0.1, -0.05) is 4.49 Å². The van der Waals surface area contributed by atoms with E-state index in [4.69, 9.17) is 4.74 Å². The molecule has 2 N–H and O–H groups in total. The van der Waals surface area contributed by atoms with Crippen LogP contribution in [0.4, 0.5) is 11.5 Å². The molecule has 1 aromatic carbocycles. The fourth-order valence-corrected chi connectivity index (χ4v) is 5.68. The molecule has 0 saturated carbocycles. The molecule has 148 valence electrons. The normalized spacial score (nSPS) is 16.0. The molecule has 0 radical (unpaired) electrons. The molecule has 3 aromatic heterocycles. The second kappa shape index (κ2) is 7.20. The third kappa shape index (κ3) is 3.08. The average molecular weight is 427 g/mol. The van der Waals surface area contributed by atoms with Gasteiger partial charge in [0.25, 0.3) is 0 Å². The lowest BCUT2D eigenvalue weighted by molar-refractivity contribution is -0.124. The molecule has 5 rings (SSSR count). The molecule has 1 aliphatic carbocycles. The monoisotopic (exact) mass is 426 g/mol. The molecule has 0 saturated heterocycles. The molecular weight excluding hydrogens is 408 g/mol. The molecule has 0 aliphatic heterocycles. The Morgan fingerprint density at radius 2 is 2.21 bits per heavy atom. The van der Waals surface area contributed by atoms with E-state index < -0.39 is 0 Å². The summed E-state index contributed by atoms with van der Waals surface area (Å²) in [5.41, 5.74) is 2.86. The first-order valence-corrected chi connectivity index (χ1v) is 10.8. The van der Waals surface area contributed by atoms with E-state index >= 15 is 0 Å². The highest BCUT2D eigenvalue weighted by Crippen LogP contribution is 2.41. The van der Waals surface area contributed by atoms with Gasteiger partial charge < -0.3 is 15.4 Å². The number of nitrogens with zero attached hydrogens (tertiary/aromatic N) is 4. The number of anilines is 2. The van der Waals surface area contributed by atoms with Crippen LogP contribution in [0.1, 0.15) is 16.9 Å². The molecule has 29 heavy (non-hydrogen) atoms. The third-order valence-corrected chi connectivity index (χ3v) is 7.13. The van der Waals surface area contributed by atoms with Crippen LogP contribution in [0.5, 0.6) is 5.75 Å². The van der Waals surface area contributed by atoms with E-state index in [1.165, 1.54) is 22.0 Å². The van der Waals surface area contributed by atoms with Crippen molar-refractivity contribution in [3.05, 3.63) is 28.9 Å². The van der Waals surface area contributed by atoms with Gasteiger partial charge in [-0.3, -0.25) is 4.79 Å².